The Morgan fingerprint density at radius 2 is 1.86 bits per heavy atom. The lowest BCUT2D eigenvalue weighted by Gasteiger charge is -2.17. The molecule has 0 atom stereocenters. The van der Waals surface area contributed by atoms with Crippen LogP contribution in [0.15, 0.2) is 53.7 Å². The van der Waals surface area contributed by atoms with Crippen LogP contribution in [0.1, 0.15) is 15.9 Å². The van der Waals surface area contributed by atoms with Gasteiger partial charge in [-0.05, 0) is 42.5 Å². The van der Waals surface area contributed by atoms with Gasteiger partial charge >= 0.3 is 0 Å². The van der Waals surface area contributed by atoms with Crippen molar-refractivity contribution in [1.29, 1.82) is 0 Å². The van der Waals surface area contributed by atoms with E-state index in [2.05, 4.69) is 5.16 Å². The third kappa shape index (κ3) is 3.32. The molecule has 2 aromatic carbocycles. The first-order valence-electron chi connectivity index (χ1n) is 6.14. The second kappa shape index (κ2) is 6.28. The fourth-order valence-corrected chi connectivity index (χ4v) is 2.04. The molecule has 0 heterocycles. The highest BCUT2D eigenvalue weighted by molar-refractivity contribution is 6.31. The number of hydrogen-bond acceptors (Lipinski definition) is 3. The van der Waals surface area contributed by atoms with E-state index in [1.165, 1.54) is 4.90 Å². The van der Waals surface area contributed by atoms with E-state index < -0.39 is 0 Å². The van der Waals surface area contributed by atoms with Crippen LogP contribution in [0.5, 0.6) is 0 Å². The number of carbonyl (C=O) groups is 1. The maximum Gasteiger partial charge on any atom is 0.258 e. The van der Waals surface area contributed by atoms with Crippen molar-refractivity contribution in [2.24, 2.45) is 10.9 Å². The minimum absolute atomic E-state index is 0.0189. The molecule has 0 saturated heterocycles. The Balaban J connectivity index is 2.23. The number of benzene rings is 2. The number of oxime groups is 1. The Hall–Kier alpha value is -2.53. The standard InChI is InChI=1S/C15H14ClN3O2/c1-19(15(20)11-3-2-4-12(16)9-11)13-7-5-10(6-8-13)14(17)18-21/h2-9,21H,1H3,(H2,17,18). The summed E-state index contributed by atoms with van der Waals surface area (Å²) in [4.78, 5) is 13.9. The summed E-state index contributed by atoms with van der Waals surface area (Å²) >= 11 is 5.89. The molecular weight excluding hydrogens is 290 g/mol. The van der Waals surface area contributed by atoms with E-state index in [-0.39, 0.29) is 11.7 Å². The molecule has 0 saturated carbocycles. The van der Waals surface area contributed by atoms with Crippen molar-refractivity contribution >= 4 is 29.0 Å². The number of nitrogens with zero attached hydrogens (tertiary/aromatic N) is 2. The third-order valence-corrected chi connectivity index (χ3v) is 3.27. The van der Waals surface area contributed by atoms with Crippen molar-refractivity contribution in [3.8, 4) is 0 Å². The first-order chi connectivity index (χ1) is 10.0. The fourth-order valence-electron chi connectivity index (χ4n) is 1.85. The van der Waals surface area contributed by atoms with Crippen molar-refractivity contribution in [2.75, 3.05) is 11.9 Å². The van der Waals surface area contributed by atoms with Gasteiger partial charge in [-0.15, -0.1) is 0 Å². The normalized spacial score (nSPS) is 11.2. The average molecular weight is 304 g/mol. The molecule has 0 radical (unpaired) electrons. The number of rotatable bonds is 3. The lowest BCUT2D eigenvalue weighted by Crippen LogP contribution is -2.26. The van der Waals surface area contributed by atoms with Gasteiger partial charge in [-0.2, -0.15) is 0 Å². The number of nitrogens with two attached hydrogens (primary N) is 1. The number of halogens is 1. The van der Waals surface area contributed by atoms with E-state index in [1.54, 1.807) is 55.6 Å². The summed E-state index contributed by atoms with van der Waals surface area (Å²) in [5.41, 5.74) is 7.26. The third-order valence-electron chi connectivity index (χ3n) is 3.03. The molecule has 5 nitrogen and oxygen atoms in total. The van der Waals surface area contributed by atoms with Gasteiger partial charge < -0.3 is 15.8 Å². The van der Waals surface area contributed by atoms with Gasteiger partial charge in [0.15, 0.2) is 5.84 Å². The second-order valence-electron chi connectivity index (χ2n) is 4.41. The Morgan fingerprint density at radius 1 is 1.19 bits per heavy atom. The number of hydrogen-bond donors (Lipinski definition) is 2. The van der Waals surface area contributed by atoms with Crippen molar-refractivity contribution in [3.05, 3.63) is 64.7 Å². The van der Waals surface area contributed by atoms with E-state index in [0.717, 1.165) is 0 Å². The van der Waals surface area contributed by atoms with Gasteiger partial charge in [0.05, 0.1) is 0 Å². The molecule has 0 aliphatic carbocycles. The maximum absolute atomic E-state index is 12.4. The molecule has 0 spiro atoms. The molecule has 0 fully saturated rings. The zero-order valence-corrected chi connectivity index (χ0v) is 12.1. The predicted octanol–water partition coefficient (Wildman–Crippen LogP) is 2.71. The molecule has 0 aromatic heterocycles. The summed E-state index contributed by atoms with van der Waals surface area (Å²) in [7, 11) is 1.67. The second-order valence-corrected chi connectivity index (χ2v) is 4.84. The molecule has 6 heteroatoms. The smallest absolute Gasteiger partial charge is 0.258 e. The molecular formula is C15H14ClN3O2. The SMILES string of the molecule is CN(C(=O)c1cccc(Cl)c1)c1ccc(C(N)=NO)cc1. The lowest BCUT2D eigenvalue weighted by molar-refractivity contribution is 0.0993. The summed E-state index contributed by atoms with van der Waals surface area (Å²) in [5, 5.41) is 12.1. The Morgan fingerprint density at radius 3 is 2.43 bits per heavy atom. The zero-order chi connectivity index (χ0) is 15.4. The first-order valence-corrected chi connectivity index (χ1v) is 6.52. The lowest BCUT2D eigenvalue weighted by atomic mass is 10.1. The van der Waals surface area contributed by atoms with Crippen molar-refractivity contribution in [3.63, 3.8) is 0 Å². The Labute approximate surface area is 127 Å². The van der Waals surface area contributed by atoms with Gasteiger partial charge in [-0.1, -0.05) is 22.8 Å². The largest absolute Gasteiger partial charge is 0.409 e. The summed E-state index contributed by atoms with van der Waals surface area (Å²) < 4.78 is 0. The minimum atomic E-state index is -0.172. The van der Waals surface area contributed by atoms with E-state index in [1.807, 2.05) is 0 Å². The number of anilines is 1. The fraction of sp³-hybridized carbons (Fsp3) is 0.0667. The molecule has 0 unspecified atom stereocenters. The van der Waals surface area contributed by atoms with Gasteiger partial charge in [-0.25, -0.2) is 0 Å². The minimum Gasteiger partial charge on any atom is -0.409 e. The van der Waals surface area contributed by atoms with E-state index >= 15 is 0 Å². The van der Waals surface area contributed by atoms with Gasteiger partial charge in [0.2, 0.25) is 0 Å². The molecule has 0 aliphatic heterocycles. The van der Waals surface area contributed by atoms with Crippen LogP contribution in [0.2, 0.25) is 5.02 Å². The molecule has 3 N–H and O–H groups in total. The topological polar surface area (TPSA) is 78.9 Å². The molecule has 2 rings (SSSR count). The van der Waals surface area contributed by atoms with Gasteiger partial charge in [0.25, 0.3) is 5.91 Å². The van der Waals surface area contributed by atoms with Crippen LogP contribution >= 0.6 is 11.6 Å². The highest BCUT2D eigenvalue weighted by atomic mass is 35.5. The average Bonchev–Trinajstić information content (AvgIpc) is 2.53. The van der Waals surface area contributed by atoms with Crippen LogP contribution in [0, 0.1) is 0 Å². The maximum atomic E-state index is 12.4. The zero-order valence-electron chi connectivity index (χ0n) is 11.3. The van der Waals surface area contributed by atoms with E-state index in [4.69, 9.17) is 22.5 Å². The van der Waals surface area contributed by atoms with Gasteiger partial charge in [0, 0.05) is 28.9 Å². The van der Waals surface area contributed by atoms with Crippen LogP contribution in [0.25, 0.3) is 0 Å². The monoisotopic (exact) mass is 303 g/mol. The number of amides is 1. The molecule has 1 amide bonds. The number of amidine groups is 1. The van der Waals surface area contributed by atoms with Crippen molar-refractivity contribution in [1.82, 2.24) is 0 Å². The Kier molecular flexibility index (Phi) is 4.45. The predicted molar refractivity (Wildman–Crippen MR) is 83.1 cm³/mol. The Bertz CT molecular complexity index is 684. The first kappa shape index (κ1) is 14.9. The van der Waals surface area contributed by atoms with Crippen molar-refractivity contribution in [2.45, 2.75) is 0 Å². The summed E-state index contributed by atoms with van der Waals surface area (Å²) in [6, 6.07) is 13.5. The van der Waals surface area contributed by atoms with Crippen LogP contribution in [-0.2, 0) is 0 Å². The molecule has 0 aliphatic rings. The van der Waals surface area contributed by atoms with Gasteiger partial charge in [0.1, 0.15) is 0 Å². The molecule has 108 valence electrons. The molecule has 21 heavy (non-hydrogen) atoms. The highest BCUT2D eigenvalue weighted by Gasteiger charge is 2.13. The number of carbonyl (C=O) groups excluding carboxylic acids is 1. The van der Waals surface area contributed by atoms with Crippen molar-refractivity contribution < 1.29 is 10.0 Å². The van der Waals surface area contributed by atoms with Gasteiger partial charge in [-0.3, -0.25) is 4.79 Å². The molecule has 2 aromatic rings. The highest BCUT2D eigenvalue weighted by Crippen LogP contribution is 2.18. The quantitative estimate of drug-likeness (QED) is 0.396. The van der Waals surface area contributed by atoms with Crippen LogP contribution in [0.3, 0.4) is 0 Å². The van der Waals surface area contributed by atoms with Crippen LogP contribution < -0.4 is 10.6 Å². The van der Waals surface area contributed by atoms with E-state index in [0.29, 0.717) is 21.8 Å². The summed E-state index contributed by atoms with van der Waals surface area (Å²) in [5.74, 6) is -0.153. The molecule has 0 bridgehead atoms. The van der Waals surface area contributed by atoms with Crippen LogP contribution in [0.4, 0.5) is 5.69 Å². The van der Waals surface area contributed by atoms with E-state index in [9.17, 15) is 4.79 Å². The van der Waals surface area contributed by atoms with Crippen LogP contribution in [-0.4, -0.2) is 24.0 Å². The summed E-state index contributed by atoms with van der Waals surface area (Å²) in [6.07, 6.45) is 0. The summed E-state index contributed by atoms with van der Waals surface area (Å²) in [6.45, 7) is 0.